The van der Waals surface area contributed by atoms with E-state index in [2.05, 4.69) is 12.2 Å². The molecule has 1 atom stereocenters. The maximum Gasteiger partial charge on any atom is 0.129 e. The van der Waals surface area contributed by atoms with Gasteiger partial charge in [-0.3, -0.25) is 0 Å². The van der Waals surface area contributed by atoms with Crippen molar-refractivity contribution >= 4 is 0 Å². The zero-order chi connectivity index (χ0) is 13.7. The van der Waals surface area contributed by atoms with E-state index in [0.29, 0.717) is 6.42 Å². The van der Waals surface area contributed by atoms with E-state index in [1.54, 1.807) is 0 Å². The molecule has 1 aromatic rings. The number of rotatable bonds is 7. The van der Waals surface area contributed by atoms with E-state index in [1.807, 2.05) is 0 Å². The van der Waals surface area contributed by atoms with Crippen molar-refractivity contribution in [1.29, 1.82) is 0 Å². The van der Waals surface area contributed by atoms with E-state index in [9.17, 15) is 8.78 Å². The second kappa shape index (κ2) is 6.99. The molecule has 0 spiro atoms. The van der Waals surface area contributed by atoms with E-state index >= 15 is 0 Å². The number of benzene rings is 1. The predicted molar refractivity (Wildman–Crippen MR) is 74.1 cm³/mol. The summed E-state index contributed by atoms with van der Waals surface area (Å²) in [5, 5.41) is 3.44. The van der Waals surface area contributed by atoms with Gasteiger partial charge in [-0.15, -0.1) is 0 Å². The number of nitrogens with one attached hydrogen (secondary N) is 1. The van der Waals surface area contributed by atoms with Gasteiger partial charge in [-0.25, -0.2) is 8.78 Å². The summed E-state index contributed by atoms with van der Waals surface area (Å²) in [5.41, 5.74) is 0.232. The highest BCUT2D eigenvalue weighted by molar-refractivity contribution is 5.20. The molecular formula is C16H23F2N. The molecule has 19 heavy (non-hydrogen) atoms. The Morgan fingerprint density at radius 1 is 1.26 bits per heavy atom. The first kappa shape index (κ1) is 14.4. The molecule has 2 rings (SSSR count). The van der Waals surface area contributed by atoms with Crippen molar-refractivity contribution < 1.29 is 8.78 Å². The molecule has 3 heteroatoms. The van der Waals surface area contributed by atoms with Crippen LogP contribution in [0.4, 0.5) is 8.78 Å². The molecule has 1 nitrogen and oxygen atoms in total. The predicted octanol–water partition coefficient (Wildman–Crippen LogP) is 4.07. The zero-order valence-corrected chi connectivity index (χ0v) is 11.6. The lowest BCUT2D eigenvalue weighted by molar-refractivity contribution is 0.257. The highest BCUT2D eigenvalue weighted by Crippen LogP contribution is 2.31. The minimum Gasteiger partial charge on any atom is -0.314 e. The van der Waals surface area contributed by atoms with Gasteiger partial charge in [0.1, 0.15) is 11.6 Å². The van der Waals surface area contributed by atoms with Crippen LogP contribution >= 0.6 is 0 Å². The molecule has 106 valence electrons. The Kier molecular flexibility index (Phi) is 5.32. The Bertz CT molecular complexity index is 381. The quantitative estimate of drug-likeness (QED) is 0.785. The van der Waals surface area contributed by atoms with Crippen molar-refractivity contribution in [3.8, 4) is 0 Å². The van der Waals surface area contributed by atoms with Crippen LogP contribution in [0.2, 0.25) is 0 Å². The minimum absolute atomic E-state index is 0.191. The van der Waals surface area contributed by atoms with Crippen molar-refractivity contribution in [2.45, 2.75) is 51.5 Å². The third kappa shape index (κ3) is 4.00. The van der Waals surface area contributed by atoms with Gasteiger partial charge in [-0.2, -0.15) is 0 Å². The van der Waals surface area contributed by atoms with Crippen molar-refractivity contribution in [3.63, 3.8) is 0 Å². The largest absolute Gasteiger partial charge is 0.314 e. The summed E-state index contributed by atoms with van der Waals surface area (Å²) in [5.74, 6) is -0.0991. The Balaban J connectivity index is 2.00. The molecule has 1 aromatic carbocycles. The van der Waals surface area contributed by atoms with Crippen molar-refractivity contribution in [3.05, 3.63) is 35.4 Å². The molecule has 1 fully saturated rings. The van der Waals surface area contributed by atoms with Gasteiger partial charge in [0.15, 0.2) is 0 Å². The lowest BCUT2D eigenvalue weighted by atomic mass is 9.80. The lowest BCUT2D eigenvalue weighted by Gasteiger charge is -2.30. The van der Waals surface area contributed by atoms with Gasteiger partial charge in [-0.1, -0.05) is 32.3 Å². The van der Waals surface area contributed by atoms with Crippen LogP contribution in [0.1, 0.15) is 44.6 Å². The summed E-state index contributed by atoms with van der Waals surface area (Å²) in [6.07, 6.45) is 6.37. The van der Waals surface area contributed by atoms with Crippen molar-refractivity contribution in [2.24, 2.45) is 5.92 Å². The van der Waals surface area contributed by atoms with Gasteiger partial charge in [0.2, 0.25) is 0 Å². The minimum atomic E-state index is -0.420. The first-order valence-corrected chi connectivity index (χ1v) is 7.37. The average molecular weight is 267 g/mol. The third-order valence-electron chi connectivity index (χ3n) is 4.04. The topological polar surface area (TPSA) is 12.0 Å². The summed E-state index contributed by atoms with van der Waals surface area (Å²) in [4.78, 5) is 0. The van der Waals surface area contributed by atoms with Crippen LogP contribution in [0.15, 0.2) is 18.2 Å². The van der Waals surface area contributed by atoms with E-state index in [-0.39, 0.29) is 11.6 Å². The van der Waals surface area contributed by atoms with E-state index < -0.39 is 11.6 Å². The molecule has 1 aliphatic carbocycles. The summed E-state index contributed by atoms with van der Waals surface area (Å²) < 4.78 is 27.4. The van der Waals surface area contributed by atoms with Crippen LogP contribution < -0.4 is 5.32 Å². The van der Waals surface area contributed by atoms with Crippen LogP contribution in [0.5, 0.6) is 0 Å². The molecule has 1 unspecified atom stereocenters. The zero-order valence-electron chi connectivity index (χ0n) is 11.6. The number of hydrogen-bond donors (Lipinski definition) is 1. The highest BCUT2D eigenvalue weighted by atomic mass is 19.1. The molecule has 0 heterocycles. The SMILES string of the molecule is CCCNC(Cc1c(F)cccc1F)CC1CCC1. The van der Waals surface area contributed by atoms with Gasteiger partial charge in [0, 0.05) is 11.6 Å². The number of halogens is 2. The highest BCUT2D eigenvalue weighted by Gasteiger charge is 2.23. The first-order chi connectivity index (χ1) is 9.20. The first-order valence-electron chi connectivity index (χ1n) is 7.37. The third-order valence-corrected chi connectivity index (χ3v) is 4.04. The molecule has 1 aliphatic rings. The van der Waals surface area contributed by atoms with E-state index in [0.717, 1.165) is 25.3 Å². The van der Waals surface area contributed by atoms with Gasteiger partial charge >= 0.3 is 0 Å². The summed E-state index contributed by atoms with van der Waals surface area (Å²) in [7, 11) is 0. The van der Waals surface area contributed by atoms with Crippen LogP contribution in [0.25, 0.3) is 0 Å². The average Bonchev–Trinajstić information content (AvgIpc) is 2.34. The fourth-order valence-corrected chi connectivity index (χ4v) is 2.69. The lowest BCUT2D eigenvalue weighted by Crippen LogP contribution is -2.35. The maximum absolute atomic E-state index is 13.7. The number of hydrogen-bond acceptors (Lipinski definition) is 1. The molecule has 0 aliphatic heterocycles. The standard InChI is InChI=1S/C16H23F2N/c1-2-9-19-13(10-12-5-3-6-12)11-14-15(17)7-4-8-16(14)18/h4,7-8,12-13,19H,2-3,5-6,9-11H2,1H3. The maximum atomic E-state index is 13.7. The second-order valence-electron chi connectivity index (χ2n) is 5.59. The Morgan fingerprint density at radius 2 is 1.95 bits per heavy atom. The fraction of sp³-hybridized carbons (Fsp3) is 0.625. The Labute approximate surface area is 114 Å². The molecule has 0 radical (unpaired) electrons. The molecule has 0 bridgehead atoms. The van der Waals surface area contributed by atoms with Crippen LogP contribution in [0.3, 0.4) is 0 Å². The molecular weight excluding hydrogens is 244 g/mol. The van der Waals surface area contributed by atoms with Crippen LogP contribution in [-0.2, 0) is 6.42 Å². The van der Waals surface area contributed by atoms with E-state index in [1.165, 1.54) is 37.5 Å². The summed E-state index contributed by atoms with van der Waals surface area (Å²) in [6.45, 7) is 3.02. The molecule has 0 saturated heterocycles. The van der Waals surface area contributed by atoms with Gasteiger partial charge < -0.3 is 5.32 Å². The van der Waals surface area contributed by atoms with Gasteiger partial charge in [-0.05, 0) is 43.9 Å². The van der Waals surface area contributed by atoms with Gasteiger partial charge in [0.25, 0.3) is 0 Å². The van der Waals surface area contributed by atoms with Crippen LogP contribution in [0, 0.1) is 17.6 Å². The van der Waals surface area contributed by atoms with Crippen molar-refractivity contribution in [1.82, 2.24) is 5.32 Å². The molecule has 0 aromatic heterocycles. The summed E-state index contributed by atoms with van der Waals surface area (Å²) >= 11 is 0. The molecule has 1 saturated carbocycles. The van der Waals surface area contributed by atoms with E-state index in [4.69, 9.17) is 0 Å². The second-order valence-corrected chi connectivity index (χ2v) is 5.59. The normalized spacial score (nSPS) is 17.2. The summed E-state index contributed by atoms with van der Waals surface area (Å²) in [6, 6.07) is 4.31. The van der Waals surface area contributed by atoms with Crippen LogP contribution in [-0.4, -0.2) is 12.6 Å². The fourth-order valence-electron chi connectivity index (χ4n) is 2.69. The molecule has 0 amide bonds. The van der Waals surface area contributed by atoms with Crippen molar-refractivity contribution in [2.75, 3.05) is 6.54 Å². The molecule has 1 N–H and O–H groups in total. The Hall–Kier alpha value is -0.960. The smallest absolute Gasteiger partial charge is 0.129 e. The monoisotopic (exact) mass is 267 g/mol. The Morgan fingerprint density at radius 3 is 2.47 bits per heavy atom. The van der Waals surface area contributed by atoms with Gasteiger partial charge in [0.05, 0.1) is 0 Å².